The van der Waals surface area contributed by atoms with Gasteiger partial charge in [0.25, 0.3) is 0 Å². The fourth-order valence-electron chi connectivity index (χ4n) is 3.21. The number of carboxylic acid groups (broad SMARTS) is 1. The molecule has 0 aromatic carbocycles. The Balaban J connectivity index is 1.90. The van der Waals surface area contributed by atoms with Gasteiger partial charge in [-0.05, 0) is 31.6 Å². The number of hydrogen-bond donors (Lipinski definition) is 1. The Morgan fingerprint density at radius 3 is 2.42 bits per heavy atom. The molecule has 1 amide bonds. The summed E-state index contributed by atoms with van der Waals surface area (Å²) < 4.78 is 13.9. The van der Waals surface area contributed by atoms with E-state index in [-0.39, 0.29) is 31.3 Å². The second-order valence-electron chi connectivity index (χ2n) is 5.91. The molecule has 5 heteroatoms. The molecule has 1 heterocycles. The standard InChI is InChI=1S/C14H22FNO3/c1-2-10-3-5-11(6-4-10)12(17)16-8-7-14(15,9-16)13(18)19/h10-11H,2-9H2,1H3,(H,18,19). The highest BCUT2D eigenvalue weighted by Gasteiger charge is 2.47. The molecule has 4 nitrogen and oxygen atoms in total. The molecule has 2 rings (SSSR count). The maximum absolute atomic E-state index is 13.9. The van der Waals surface area contributed by atoms with Crippen molar-refractivity contribution in [3.8, 4) is 0 Å². The first-order valence-corrected chi connectivity index (χ1v) is 7.17. The van der Waals surface area contributed by atoms with Gasteiger partial charge < -0.3 is 10.0 Å². The minimum atomic E-state index is -2.24. The minimum absolute atomic E-state index is 0.0288. The van der Waals surface area contributed by atoms with Gasteiger partial charge in [0.05, 0.1) is 6.54 Å². The summed E-state index contributed by atoms with van der Waals surface area (Å²) in [6, 6.07) is 0. The van der Waals surface area contributed by atoms with Crippen LogP contribution >= 0.6 is 0 Å². The van der Waals surface area contributed by atoms with Crippen molar-refractivity contribution in [3.63, 3.8) is 0 Å². The van der Waals surface area contributed by atoms with E-state index < -0.39 is 11.6 Å². The van der Waals surface area contributed by atoms with E-state index in [1.165, 1.54) is 4.90 Å². The lowest BCUT2D eigenvalue weighted by Gasteiger charge is -2.30. The zero-order valence-electron chi connectivity index (χ0n) is 11.4. The number of nitrogens with zero attached hydrogens (tertiary/aromatic N) is 1. The highest BCUT2D eigenvalue weighted by molar-refractivity contribution is 5.83. The minimum Gasteiger partial charge on any atom is -0.479 e. The van der Waals surface area contributed by atoms with Crippen LogP contribution in [-0.2, 0) is 9.59 Å². The van der Waals surface area contributed by atoms with Crippen LogP contribution in [0.25, 0.3) is 0 Å². The molecule has 0 radical (unpaired) electrons. The van der Waals surface area contributed by atoms with Gasteiger partial charge in [-0.15, -0.1) is 0 Å². The van der Waals surface area contributed by atoms with Gasteiger partial charge in [0.2, 0.25) is 11.6 Å². The molecule has 1 saturated carbocycles. The van der Waals surface area contributed by atoms with E-state index in [9.17, 15) is 14.0 Å². The summed E-state index contributed by atoms with van der Waals surface area (Å²) in [5, 5.41) is 8.84. The summed E-state index contributed by atoms with van der Waals surface area (Å²) in [4.78, 5) is 24.5. The highest BCUT2D eigenvalue weighted by Crippen LogP contribution is 2.34. The molecule has 1 unspecified atom stereocenters. The van der Waals surface area contributed by atoms with Crippen LogP contribution in [-0.4, -0.2) is 40.6 Å². The van der Waals surface area contributed by atoms with Crippen molar-refractivity contribution in [2.45, 2.75) is 51.1 Å². The molecule has 19 heavy (non-hydrogen) atoms. The molecule has 1 saturated heterocycles. The summed E-state index contributed by atoms with van der Waals surface area (Å²) in [5.41, 5.74) is -2.24. The smallest absolute Gasteiger partial charge is 0.343 e. The van der Waals surface area contributed by atoms with Gasteiger partial charge in [-0.3, -0.25) is 4.79 Å². The van der Waals surface area contributed by atoms with E-state index in [0.29, 0.717) is 5.92 Å². The molecule has 1 aliphatic carbocycles. The van der Waals surface area contributed by atoms with Crippen molar-refractivity contribution in [3.05, 3.63) is 0 Å². The fraction of sp³-hybridized carbons (Fsp3) is 0.857. The maximum Gasteiger partial charge on any atom is 0.343 e. The Hall–Kier alpha value is -1.13. The van der Waals surface area contributed by atoms with Crippen molar-refractivity contribution in [1.82, 2.24) is 4.90 Å². The van der Waals surface area contributed by atoms with E-state index in [4.69, 9.17) is 5.11 Å². The van der Waals surface area contributed by atoms with Gasteiger partial charge >= 0.3 is 5.97 Å². The molecule has 2 fully saturated rings. The van der Waals surface area contributed by atoms with Crippen LogP contribution in [0.4, 0.5) is 4.39 Å². The van der Waals surface area contributed by atoms with Crippen LogP contribution in [0.1, 0.15) is 45.4 Å². The average Bonchev–Trinajstić information content (AvgIpc) is 2.82. The van der Waals surface area contributed by atoms with Gasteiger partial charge in [0, 0.05) is 18.9 Å². The van der Waals surface area contributed by atoms with E-state index >= 15 is 0 Å². The van der Waals surface area contributed by atoms with Gasteiger partial charge in [-0.1, -0.05) is 13.3 Å². The highest BCUT2D eigenvalue weighted by atomic mass is 19.1. The summed E-state index contributed by atoms with van der Waals surface area (Å²) in [6.45, 7) is 2.11. The lowest BCUT2D eigenvalue weighted by molar-refractivity contribution is -0.150. The van der Waals surface area contributed by atoms with Gasteiger partial charge in [0.15, 0.2) is 0 Å². The largest absolute Gasteiger partial charge is 0.479 e. The Labute approximate surface area is 113 Å². The van der Waals surface area contributed by atoms with Crippen molar-refractivity contribution in [1.29, 1.82) is 0 Å². The third-order valence-corrected chi connectivity index (χ3v) is 4.69. The van der Waals surface area contributed by atoms with Crippen molar-refractivity contribution < 1.29 is 19.1 Å². The summed E-state index contributed by atoms with van der Waals surface area (Å²) >= 11 is 0. The zero-order valence-corrected chi connectivity index (χ0v) is 11.4. The number of likely N-dealkylation sites (tertiary alicyclic amines) is 1. The quantitative estimate of drug-likeness (QED) is 0.856. The second-order valence-corrected chi connectivity index (χ2v) is 5.91. The molecular weight excluding hydrogens is 249 g/mol. The first kappa shape index (κ1) is 14.3. The average molecular weight is 271 g/mol. The van der Waals surface area contributed by atoms with Crippen molar-refractivity contribution in [2.24, 2.45) is 11.8 Å². The first-order valence-electron chi connectivity index (χ1n) is 7.17. The normalized spacial score (nSPS) is 35.4. The number of alkyl halides is 1. The number of carbonyl (C=O) groups is 2. The molecule has 1 aliphatic heterocycles. The summed E-state index contributed by atoms with van der Waals surface area (Å²) in [6.07, 6.45) is 4.90. The molecule has 1 N–H and O–H groups in total. The molecule has 0 aromatic heterocycles. The number of aliphatic carboxylic acids is 1. The molecule has 0 bridgehead atoms. The zero-order chi connectivity index (χ0) is 14.0. The Morgan fingerprint density at radius 2 is 1.95 bits per heavy atom. The van der Waals surface area contributed by atoms with E-state index in [1.54, 1.807) is 0 Å². The maximum atomic E-state index is 13.9. The van der Waals surface area contributed by atoms with Crippen LogP contribution in [0, 0.1) is 11.8 Å². The predicted molar refractivity (Wildman–Crippen MR) is 68.4 cm³/mol. The number of carboxylic acids is 1. The van der Waals surface area contributed by atoms with E-state index in [0.717, 1.165) is 32.1 Å². The van der Waals surface area contributed by atoms with Crippen molar-refractivity contribution in [2.75, 3.05) is 13.1 Å². The van der Waals surface area contributed by atoms with Crippen LogP contribution in [0.15, 0.2) is 0 Å². The van der Waals surface area contributed by atoms with Gasteiger partial charge in [-0.25, -0.2) is 9.18 Å². The number of rotatable bonds is 3. The lowest BCUT2D eigenvalue weighted by atomic mass is 9.80. The molecule has 1 atom stereocenters. The predicted octanol–water partition coefficient (Wildman–Crippen LogP) is 2.23. The van der Waals surface area contributed by atoms with Crippen molar-refractivity contribution >= 4 is 11.9 Å². The summed E-state index contributed by atoms with van der Waals surface area (Å²) in [7, 11) is 0. The first-order chi connectivity index (χ1) is 8.96. The number of hydrogen-bond acceptors (Lipinski definition) is 2. The van der Waals surface area contributed by atoms with E-state index in [1.807, 2.05) is 0 Å². The lowest BCUT2D eigenvalue weighted by Crippen LogP contribution is -2.41. The SMILES string of the molecule is CCC1CCC(C(=O)N2CCC(F)(C(=O)O)C2)CC1. The topological polar surface area (TPSA) is 57.6 Å². The molecule has 108 valence electrons. The Morgan fingerprint density at radius 1 is 1.32 bits per heavy atom. The Bertz CT molecular complexity index is 366. The fourth-order valence-corrected chi connectivity index (χ4v) is 3.21. The molecule has 0 spiro atoms. The van der Waals surface area contributed by atoms with Crippen LogP contribution in [0.5, 0.6) is 0 Å². The van der Waals surface area contributed by atoms with E-state index in [2.05, 4.69) is 6.92 Å². The Kier molecular flexibility index (Phi) is 4.11. The monoisotopic (exact) mass is 271 g/mol. The van der Waals surface area contributed by atoms with Gasteiger partial charge in [-0.2, -0.15) is 0 Å². The number of amides is 1. The number of carbonyl (C=O) groups excluding carboxylic acids is 1. The molecule has 0 aromatic rings. The summed E-state index contributed by atoms with van der Waals surface area (Å²) in [5.74, 6) is -0.811. The second kappa shape index (κ2) is 5.47. The van der Waals surface area contributed by atoms with Crippen LogP contribution in [0.2, 0.25) is 0 Å². The van der Waals surface area contributed by atoms with Crippen LogP contribution in [0.3, 0.4) is 0 Å². The van der Waals surface area contributed by atoms with Crippen LogP contribution < -0.4 is 0 Å². The number of halogens is 1. The third-order valence-electron chi connectivity index (χ3n) is 4.69. The third kappa shape index (κ3) is 2.90. The molecular formula is C14H22FNO3. The molecule has 2 aliphatic rings. The van der Waals surface area contributed by atoms with Gasteiger partial charge in [0.1, 0.15) is 0 Å².